The number of hydrogen-bond donors (Lipinski definition) is 0. The molecule has 0 spiro atoms. The summed E-state index contributed by atoms with van der Waals surface area (Å²) in [5, 5.41) is 2.46. The van der Waals surface area contributed by atoms with E-state index < -0.39 is 15.1 Å². The molecule has 0 amide bonds. The molecule has 0 aliphatic carbocycles. The Hall–Kier alpha value is -2.30. The van der Waals surface area contributed by atoms with Crippen LogP contribution in [-0.2, 0) is 9.84 Å². The van der Waals surface area contributed by atoms with Crippen LogP contribution in [-0.4, -0.2) is 53.1 Å². The predicted octanol–water partition coefficient (Wildman–Crippen LogP) is 5.04. The molecule has 1 fully saturated rings. The number of nitrogens with zero attached hydrogens (tertiary/aromatic N) is 2. The van der Waals surface area contributed by atoms with Gasteiger partial charge in [-0.05, 0) is 53.0 Å². The van der Waals surface area contributed by atoms with Crippen LogP contribution in [0.4, 0.5) is 5.13 Å². The highest BCUT2D eigenvalue weighted by Gasteiger charge is 2.33. The van der Waals surface area contributed by atoms with Crippen molar-refractivity contribution in [1.29, 1.82) is 0 Å². The molecule has 1 aromatic heterocycles. The van der Waals surface area contributed by atoms with Gasteiger partial charge in [0.05, 0.1) is 37.2 Å². The van der Waals surface area contributed by atoms with Crippen LogP contribution in [0.2, 0.25) is 0 Å². The van der Waals surface area contributed by atoms with Crippen molar-refractivity contribution in [2.24, 2.45) is 0 Å². The highest BCUT2D eigenvalue weighted by Crippen LogP contribution is 2.42. The molecule has 0 saturated carbocycles. The highest BCUT2D eigenvalue weighted by atomic mass is 79.9. The molecule has 0 atom stereocenters. The van der Waals surface area contributed by atoms with Crippen LogP contribution in [0.5, 0.6) is 17.2 Å². The fourth-order valence-electron chi connectivity index (χ4n) is 3.98. The monoisotopic (exact) mass is 552 g/mol. The van der Waals surface area contributed by atoms with Gasteiger partial charge < -0.3 is 19.1 Å². The van der Waals surface area contributed by atoms with Crippen molar-refractivity contribution in [3.8, 4) is 28.5 Å². The number of benzene rings is 2. The van der Waals surface area contributed by atoms with Crippen molar-refractivity contribution in [2.75, 3.05) is 39.3 Å². The number of aromatic nitrogens is 1. The Morgan fingerprint density at radius 2 is 1.67 bits per heavy atom. The molecule has 2 heterocycles. The summed E-state index contributed by atoms with van der Waals surface area (Å²) < 4.78 is 43.2. The van der Waals surface area contributed by atoms with Crippen LogP contribution in [0.1, 0.15) is 12.8 Å². The summed E-state index contributed by atoms with van der Waals surface area (Å²) in [5.41, 5.74) is 1.66. The Kier molecular flexibility index (Phi) is 7.16. The van der Waals surface area contributed by atoms with Gasteiger partial charge in [0.1, 0.15) is 0 Å². The van der Waals surface area contributed by atoms with Crippen molar-refractivity contribution in [1.82, 2.24) is 4.98 Å². The van der Waals surface area contributed by atoms with E-state index in [0.29, 0.717) is 52.5 Å². The molecule has 1 aliphatic rings. The molecule has 1 saturated heterocycles. The van der Waals surface area contributed by atoms with Gasteiger partial charge in [-0.25, -0.2) is 13.4 Å². The maximum absolute atomic E-state index is 13.1. The second kappa shape index (κ2) is 9.90. The summed E-state index contributed by atoms with van der Waals surface area (Å²) in [6, 6.07) is 10.7. The van der Waals surface area contributed by atoms with E-state index >= 15 is 0 Å². The number of piperidine rings is 1. The lowest BCUT2D eigenvalue weighted by Gasteiger charge is -2.31. The van der Waals surface area contributed by atoms with E-state index in [1.54, 1.807) is 50.9 Å². The molecule has 4 rings (SSSR count). The predicted molar refractivity (Wildman–Crippen MR) is 134 cm³/mol. The quantitative estimate of drug-likeness (QED) is 0.406. The van der Waals surface area contributed by atoms with Gasteiger partial charge in [0.15, 0.2) is 26.5 Å². The smallest absolute Gasteiger partial charge is 0.203 e. The van der Waals surface area contributed by atoms with Crippen LogP contribution < -0.4 is 19.1 Å². The number of ether oxygens (including phenoxy) is 3. The Balaban J connectivity index is 1.51. The standard InChI is InChI=1S/C23H25BrN2O5S2/c1-29-19-12-15(13-20(30-2)22(19)31-3)18-14-32-23(25-18)26-10-8-16(9-11-26)33(27,28)21-7-5-4-6-17(21)24/h4-7,12-14,16H,8-11H2,1-3H3. The minimum atomic E-state index is -3.39. The largest absolute Gasteiger partial charge is 0.493 e. The van der Waals surface area contributed by atoms with Gasteiger partial charge in [0.2, 0.25) is 5.75 Å². The van der Waals surface area contributed by atoms with Crippen LogP contribution in [0, 0.1) is 0 Å². The minimum Gasteiger partial charge on any atom is -0.493 e. The molecular weight excluding hydrogens is 528 g/mol. The first kappa shape index (κ1) is 23.8. The van der Waals surface area contributed by atoms with Crippen molar-refractivity contribution in [3.63, 3.8) is 0 Å². The molecule has 10 heteroatoms. The maximum atomic E-state index is 13.1. The molecule has 0 unspecified atom stereocenters. The molecular formula is C23H25BrN2O5S2. The van der Waals surface area contributed by atoms with Crippen molar-refractivity contribution >= 4 is 42.2 Å². The SMILES string of the molecule is COc1cc(-c2csc(N3CCC(S(=O)(=O)c4ccccc4Br)CC3)n2)cc(OC)c1OC. The van der Waals surface area contributed by atoms with E-state index in [0.717, 1.165) is 16.4 Å². The molecule has 1 aliphatic heterocycles. The number of methoxy groups -OCH3 is 3. The van der Waals surface area contributed by atoms with Gasteiger partial charge in [-0.15, -0.1) is 11.3 Å². The van der Waals surface area contributed by atoms with E-state index in [9.17, 15) is 8.42 Å². The first-order valence-electron chi connectivity index (χ1n) is 10.4. The molecule has 0 bridgehead atoms. The summed E-state index contributed by atoms with van der Waals surface area (Å²) in [7, 11) is 1.35. The topological polar surface area (TPSA) is 78.0 Å². The zero-order valence-electron chi connectivity index (χ0n) is 18.6. The Morgan fingerprint density at radius 3 is 2.24 bits per heavy atom. The van der Waals surface area contributed by atoms with E-state index in [-0.39, 0.29) is 0 Å². The van der Waals surface area contributed by atoms with E-state index in [1.807, 2.05) is 23.6 Å². The zero-order valence-corrected chi connectivity index (χ0v) is 21.8. The lowest BCUT2D eigenvalue weighted by atomic mass is 10.1. The van der Waals surface area contributed by atoms with Gasteiger partial charge in [-0.3, -0.25) is 0 Å². The maximum Gasteiger partial charge on any atom is 0.203 e. The van der Waals surface area contributed by atoms with Crippen LogP contribution in [0.3, 0.4) is 0 Å². The first-order valence-corrected chi connectivity index (χ1v) is 13.6. The van der Waals surface area contributed by atoms with Crippen LogP contribution >= 0.6 is 27.3 Å². The Labute approximate surface area is 206 Å². The van der Waals surface area contributed by atoms with Gasteiger partial charge in [0, 0.05) is 28.5 Å². The van der Waals surface area contributed by atoms with Crippen LogP contribution in [0.25, 0.3) is 11.3 Å². The molecule has 7 nitrogen and oxygen atoms in total. The third kappa shape index (κ3) is 4.69. The fraction of sp³-hybridized carbons (Fsp3) is 0.348. The number of anilines is 1. The first-order chi connectivity index (χ1) is 15.9. The number of thiazole rings is 1. The summed E-state index contributed by atoms with van der Waals surface area (Å²) in [4.78, 5) is 7.32. The van der Waals surface area contributed by atoms with Crippen molar-refractivity contribution < 1.29 is 22.6 Å². The average molecular weight is 554 g/mol. The lowest BCUT2D eigenvalue weighted by molar-refractivity contribution is 0.324. The zero-order chi connectivity index (χ0) is 23.6. The summed E-state index contributed by atoms with van der Waals surface area (Å²) in [6.07, 6.45) is 1.12. The molecule has 0 N–H and O–H groups in total. The normalized spacial score (nSPS) is 14.8. The van der Waals surface area contributed by atoms with Gasteiger partial charge in [-0.1, -0.05) is 12.1 Å². The summed E-state index contributed by atoms with van der Waals surface area (Å²) in [6.45, 7) is 1.27. The van der Waals surface area contributed by atoms with Crippen molar-refractivity contribution in [2.45, 2.75) is 23.0 Å². The van der Waals surface area contributed by atoms with Crippen molar-refractivity contribution in [3.05, 3.63) is 46.3 Å². The molecule has 3 aromatic rings. The number of sulfone groups is 1. The molecule has 2 aromatic carbocycles. The van der Waals surface area contributed by atoms with Crippen LogP contribution in [0.15, 0.2) is 51.1 Å². The molecule has 33 heavy (non-hydrogen) atoms. The average Bonchev–Trinajstić information content (AvgIpc) is 3.33. The van der Waals surface area contributed by atoms with Gasteiger partial charge in [-0.2, -0.15) is 0 Å². The number of hydrogen-bond acceptors (Lipinski definition) is 8. The minimum absolute atomic E-state index is 0.363. The highest BCUT2D eigenvalue weighted by molar-refractivity contribution is 9.10. The fourth-order valence-corrected chi connectivity index (χ4v) is 7.63. The second-order valence-electron chi connectivity index (χ2n) is 7.59. The van der Waals surface area contributed by atoms with E-state index in [1.165, 1.54) is 0 Å². The molecule has 176 valence electrons. The Morgan fingerprint density at radius 1 is 1.03 bits per heavy atom. The number of halogens is 1. The lowest BCUT2D eigenvalue weighted by Crippen LogP contribution is -2.39. The Bertz CT molecular complexity index is 1210. The third-order valence-electron chi connectivity index (χ3n) is 5.75. The van der Waals surface area contributed by atoms with Gasteiger partial charge >= 0.3 is 0 Å². The van der Waals surface area contributed by atoms with E-state index in [4.69, 9.17) is 19.2 Å². The van der Waals surface area contributed by atoms with Gasteiger partial charge in [0.25, 0.3) is 0 Å². The second-order valence-corrected chi connectivity index (χ2v) is 11.5. The summed E-state index contributed by atoms with van der Waals surface area (Å²) in [5.74, 6) is 1.67. The third-order valence-corrected chi connectivity index (χ3v) is 9.92. The molecule has 0 radical (unpaired) electrons. The van der Waals surface area contributed by atoms with E-state index in [2.05, 4.69) is 20.8 Å². The summed E-state index contributed by atoms with van der Waals surface area (Å²) >= 11 is 4.92. The number of rotatable bonds is 7.